The molecule has 0 saturated heterocycles. The summed E-state index contributed by atoms with van der Waals surface area (Å²) in [6.07, 6.45) is 3.10. The summed E-state index contributed by atoms with van der Waals surface area (Å²) in [5, 5.41) is 2.88. The van der Waals surface area contributed by atoms with Gasteiger partial charge in [0.2, 0.25) is 0 Å². The Bertz CT molecular complexity index is 860. The van der Waals surface area contributed by atoms with Crippen LogP contribution >= 0.6 is 0 Å². The van der Waals surface area contributed by atoms with E-state index in [4.69, 9.17) is 4.74 Å². The van der Waals surface area contributed by atoms with Gasteiger partial charge in [0.15, 0.2) is 5.82 Å². The van der Waals surface area contributed by atoms with Crippen LogP contribution in [0.5, 0.6) is 5.75 Å². The summed E-state index contributed by atoms with van der Waals surface area (Å²) in [5.41, 5.74) is 2.36. The van der Waals surface area contributed by atoms with E-state index in [0.717, 1.165) is 16.9 Å². The topological polar surface area (TPSA) is 64.1 Å². The molecule has 1 amide bonds. The number of nitrogens with zero attached hydrogens (tertiary/aromatic N) is 2. The van der Waals surface area contributed by atoms with Gasteiger partial charge in [0.05, 0.1) is 12.2 Å². The highest BCUT2D eigenvalue weighted by Gasteiger charge is 2.08. The van der Waals surface area contributed by atoms with Crippen LogP contribution in [0.25, 0.3) is 11.4 Å². The van der Waals surface area contributed by atoms with Gasteiger partial charge < -0.3 is 10.1 Å². The Morgan fingerprint density at radius 3 is 2.30 bits per heavy atom. The first-order chi connectivity index (χ1) is 13.1. The number of carbonyl (C=O) groups is 1. The van der Waals surface area contributed by atoms with E-state index in [-0.39, 0.29) is 5.91 Å². The van der Waals surface area contributed by atoms with Gasteiger partial charge in [-0.2, -0.15) is 0 Å². The molecule has 1 heterocycles. The Balaban J connectivity index is 1.54. The first-order valence-electron chi connectivity index (χ1n) is 8.99. The number of carbonyl (C=O) groups excluding carboxylic acids is 1. The number of hydrogen-bond donors (Lipinski definition) is 1. The number of rotatable bonds is 7. The molecule has 0 spiro atoms. The molecule has 0 unspecified atom stereocenters. The molecule has 0 fully saturated rings. The maximum absolute atomic E-state index is 12.3. The molecule has 5 nitrogen and oxygen atoms in total. The average Bonchev–Trinajstić information content (AvgIpc) is 2.72. The largest absolute Gasteiger partial charge is 0.493 e. The van der Waals surface area contributed by atoms with E-state index in [0.29, 0.717) is 30.5 Å². The van der Waals surface area contributed by atoms with Crippen LogP contribution in [0.1, 0.15) is 29.8 Å². The third-order valence-corrected chi connectivity index (χ3v) is 3.91. The number of hydrogen-bond acceptors (Lipinski definition) is 4. The van der Waals surface area contributed by atoms with E-state index in [1.165, 1.54) is 0 Å². The van der Waals surface area contributed by atoms with Gasteiger partial charge in [0.1, 0.15) is 5.75 Å². The maximum Gasteiger partial charge on any atom is 0.254 e. The van der Waals surface area contributed by atoms with Crippen molar-refractivity contribution in [1.82, 2.24) is 15.3 Å². The lowest BCUT2D eigenvalue weighted by atomic mass is 10.2. The minimum absolute atomic E-state index is 0.199. The summed E-state index contributed by atoms with van der Waals surface area (Å²) in [5.74, 6) is 1.72. The summed E-state index contributed by atoms with van der Waals surface area (Å²) in [4.78, 5) is 20.9. The van der Waals surface area contributed by atoms with Crippen LogP contribution in [-0.2, 0) is 6.54 Å². The van der Waals surface area contributed by atoms with E-state index >= 15 is 0 Å². The van der Waals surface area contributed by atoms with Crippen LogP contribution < -0.4 is 10.1 Å². The fourth-order valence-electron chi connectivity index (χ4n) is 2.43. The van der Waals surface area contributed by atoms with Crippen LogP contribution in [-0.4, -0.2) is 22.5 Å². The van der Waals surface area contributed by atoms with Crippen molar-refractivity contribution in [2.75, 3.05) is 6.61 Å². The van der Waals surface area contributed by atoms with Gasteiger partial charge in [0, 0.05) is 24.5 Å². The molecule has 0 atom stereocenters. The van der Waals surface area contributed by atoms with Gasteiger partial charge in [-0.15, -0.1) is 0 Å². The minimum atomic E-state index is -0.199. The second-order valence-electron chi connectivity index (χ2n) is 6.69. The Morgan fingerprint density at radius 1 is 1.00 bits per heavy atom. The van der Waals surface area contributed by atoms with Crippen LogP contribution in [0.2, 0.25) is 0 Å². The highest BCUT2D eigenvalue weighted by Crippen LogP contribution is 2.14. The summed E-state index contributed by atoms with van der Waals surface area (Å²) in [7, 11) is 0. The van der Waals surface area contributed by atoms with Crippen molar-refractivity contribution in [2.24, 2.45) is 5.92 Å². The lowest BCUT2D eigenvalue weighted by Crippen LogP contribution is -2.23. The monoisotopic (exact) mass is 361 g/mol. The number of nitrogens with one attached hydrogen (secondary N) is 1. The summed E-state index contributed by atoms with van der Waals surface area (Å²) >= 11 is 0. The average molecular weight is 361 g/mol. The normalized spacial score (nSPS) is 10.6. The number of ether oxygens (including phenoxy) is 1. The fourth-order valence-corrected chi connectivity index (χ4v) is 2.43. The predicted molar refractivity (Wildman–Crippen MR) is 105 cm³/mol. The molecule has 0 aliphatic heterocycles. The third-order valence-electron chi connectivity index (χ3n) is 3.91. The Labute approximate surface area is 159 Å². The van der Waals surface area contributed by atoms with Crippen molar-refractivity contribution < 1.29 is 9.53 Å². The standard InChI is InChI=1S/C22H23N3O2/c1-16(2)15-27-20-10-8-17(9-11-20)12-25-22(26)19-13-23-21(24-14-19)18-6-4-3-5-7-18/h3-11,13-14,16H,12,15H2,1-2H3,(H,25,26). The molecule has 1 aromatic heterocycles. The minimum Gasteiger partial charge on any atom is -0.493 e. The molecule has 2 aromatic carbocycles. The fraction of sp³-hybridized carbons (Fsp3) is 0.227. The molecule has 0 bridgehead atoms. The van der Waals surface area contributed by atoms with Gasteiger partial charge in [0.25, 0.3) is 5.91 Å². The predicted octanol–water partition coefficient (Wildman–Crippen LogP) is 4.11. The van der Waals surface area contributed by atoms with E-state index in [9.17, 15) is 4.79 Å². The smallest absolute Gasteiger partial charge is 0.254 e. The summed E-state index contributed by atoms with van der Waals surface area (Å²) in [6.45, 7) is 5.35. The van der Waals surface area contributed by atoms with Gasteiger partial charge >= 0.3 is 0 Å². The van der Waals surface area contributed by atoms with Crippen molar-refractivity contribution in [3.05, 3.63) is 78.1 Å². The van der Waals surface area contributed by atoms with Crippen molar-refractivity contribution in [2.45, 2.75) is 20.4 Å². The molecule has 0 aliphatic carbocycles. The molecule has 5 heteroatoms. The van der Waals surface area contributed by atoms with Crippen molar-refractivity contribution in [3.8, 4) is 17.1 Å². The SMILES string of the molecule is CC(C)COc1ccc(CNC(=O)c2cnc(-c3ccccc3)nc2)cc1. The van der Waals surface area contributed by atoms with Crippen molar-refractivity contribution in [3.63, 3.8) is 0 Å². The number of aromatic nitrogens is 2. The Morgan fingerprint density at radius 2 is 1.67 bits per heavy atom. The maximum atomic E-state index is 12.3. The second-order valence-corrected chi connectivity index (χ2v) is 6.69. The van der Waals surface area contributed by atoms with Crippen LogP contribution in [0, 0.1) is 5.92 Å². The van der Waals surface area contributed by atoms with Crippen LogP contribution in [0.4, 0.5) is 0 Å². The highest BCUT2D eigenvalue weighted by atomic mass is 16.5. The van der Waals surface area contributed by atoms with Gasteiger partial charge in [-0.25, -0.2) is 9.97 Å². The quantitative estimate of drug-likeness (QED) is 0.688. The zero-order valence-electron chi connectivity index (χ0n) is 15.6. The highest BCUT2D eigenvalue weighted by molar-refractivity contribution is 5.93. The van der Waals surface area contributed by atoms with Crippen molar-refractivity contribution in [1.29, 1.82) is 0 Å². The second kappa shape index (κ2) is 8.94. The van der Waals surface area contributed by atoms with Gasteiger partial charge in [-0.1, -0.05) is 56.3 Å². The zero-order valence-corrected chi connectivity index (χ0v) is 15.6. The molecular weight excluding hydrogens is 338 g/mol. The van der Waals surface area contributed by atoms with Gasteiger partial charge in [-0.3, -0.25) is 4.79 Å². The van der Waals surface area contributed by atoms with Crippen LogP contribution in [0.15, 0.2) is 67.0 Å². The first-order valence-corrected chi connectivity index (χ1v) is 8.99. The lowest BCUT2D eigenvalue weighted by Gasteiger charge is -2.10. The third kappa shape index (κ3) is 5.38. The Kier molecular flexibility index (Phi) is 6.15. The van der Waals surface area contributed by atoms with E-state index in [1.54, 1.807) is 12.4 Å². The molecule has 0 radical (unpaired) electrons. The molecular formula is C22H23N3O2. The van der Waals surface area contributed by atoms with E-state index < -0.39 is 0 Å². The molecule has 3 aromatic rings. The van der Waals surface area contributed by atoms with Crippen molar-refractivity contribution >= 4 is 5.91 Å². The molecule has 138 valence electrons. The number of benzene rings is 2. The molecule has 1 N–H and O–H groups in total. The zero-order chi connectivity index (χ0) is 19.1. The lowest BCUT2D eigenvalue weighted by molar-refractivity contribution is 0.0950. The van der Waals surface area contributed by atoms with E-state index in [2.05, 4.69) is 29.1 Å². The molecule has 3 rings (SSSR count). The Hall–Kier alpha value is -3.21. The molecule has 0 aliphatic rings. The molecule has 0 saturated carbocycles. The summed E-state index contributed by atoms with van der Waals surface area (Å²) < 4.78 is 5.66. The summed E-state index contributed by atoms with van der Waals surface area (Å²) in [6, 6.07) is 17.4. The van der Waals surface area contributed by atoms with Gasteiger partial charge in [-0.05, 0) is 23.6 Å². The number of amides is 1. The van der Waals surface area contributed by atoms with E-state index in [1.807, 2.05) is 54.6 Å². The molecule has 27 heavy (non-hydrogen) atoms. The first kappa shape index (κ1) is 18.6. The van der Waals surface area contributed by atoms with Crippen LogP contribution in [0.3, 0.4) is 0 Å².